The van der Waals surface area contributed by atoms with Crippen LogP contribution in [0.1, 0.15) is 46.7 Å². The molecule has 9 heteroatoms. The zero-order valence-electron chi connectivity index (χ0n) is 20.5. The number of carbonyl (C=O) groups is 3. The second-order valence-electron chi connectivity index (χ2n) is 8.62. The number of para-hydroxylation sites is 1. The molecule has 3 aromatic rings. The van der Waals surface area contributed by atoms with E-state index in [1.165, 1.54) is 24.0 Å². The molecular weight excluding hydrogens is 476 g/mol. The van der Waals surface area contributed by atoms with E-state index >= 15 is 0 Å². The summed E-state index contributed by atoms with van der Waals surface area (Å²) in [5.41, 5.74) is 4.41. The average Bonchev–Trinajstić information content (AvgIpc) is 3.42. The number of rotatable bonds is 7. The molecule has 0 spiro atoms. The number of benzene rings is 2. The van der Waals surface area contributed by atoms with E-state index in [-0.39, 0.29) is 24.3 Å². The van der Waals surface area contributed by atoms with Crippen molar-refractivity contribution in [2.75, 3.05) is 32.1 Å². The van der Waals surface area contributed by atoms with Crippen LogP contribution in [0.3, 0.4) is 0 Å². The van der Waals surface area contributed by atoms with Crippen molar-refractivity contribution in [2.24, 2.45) is 0 Å². The molecule has 1 aliphatic heterocycles. The Labute approximate surface area is 214 Å². The summed E-state index contributed by atoms with van der Waals surface area (Å²) in [7, 11) is 1.26. The van der Waals surface area contributed by atoms with E-state index in [9.17, 15) is 14.4 Å². The molecule has 36 heavy (non-hydrogen) atoms. The highest BCUT2D eigenvalue weighted by Gasteiger charge is 2.26. The number of alkyl carbamates (subject to hydrolysis) is 1. The van der Waals surface area contributed by atoms with Crippen LogP contribution < -0.4 is 10.6 Å². The largest absolute Gasteiger partial charge is 0.453 e. The fourth-order valence-electron chi connectivity index (χ4n) is 4.24. The van der Waals surface area contributed by atoms with E-state index in [2.05, 4.69) is 51.5 Å². The SMILES string of the molecule is CCc1ccc(-c2ccccc2NC(=O)c2csc(C3CCN(C(=O)CNC(=O)OC)CC3)n2)cc1. The molecule has 8 nitrogen and oxygen atoms in total. The topological polar surface area (TPSA) is 101 Å². The van der Waals surface area contributed by atoms with Gasteiger partial charge in [-0.25, -0.2) is 9.78 Å². The van der Waals surface area contributed by atoms with Gasteiger partial charge in [0, 0.05) is 35.6 Å². The van der Waals surface area contributed by atoms with Gasteiger partial charge in [0.1, 0.15) is 12.2 Å². The number of nitrogens with one attached hydrogen (secondary N) is 2. The fourth-order valence-corrected chi connectivity index (χ4v) is 5.21. The number of nitrogens with zero attached hydrogens (tertiary/aromatic N) is 2. The van der Waals surface area contributed by atoms with Crippen LogP contribution >= 0.6 is 11.3 Å². The second kappa shape index (κ2) is 11.8. The molecule has 0 bridgehead atoms. The number of aryl methyl sites for hydroxylation is 1. The molecule has 188 valence electrons. The molecule has 0 unspecified atom stereocenters. The standard InChI is InChI=1S/C27H30N4O4S/c1-3-18-8-10-19(11-9-18)21-6-4-5-7-22(21)29-25(33)23-17-36-26(30-23)20-12-14-31(15-13-20)24(32)16-28-27(34)35-2/h4-11,17,20H,3,12-16H2,1-2H3,(H,28,34)(H,29,33). The molecule has 1 aliphatic rings. The molecule has 1 aromatic heterocycles. The molecule has 0 aliphatic carbocycles. The third kappa shape index (κ3) is 6.09. The van der Waals surface area contributed by atoms with Gasteiger partial charge in [0.2, 0.25) is 5.91 Å². The number of hydrogen-bond donors (Lipinski definition) is 2. The third-order valence-corrected chi connectivity index (χ3v) is 7.38. The van der Waals surface area contributed by atoms with Crippen LogP contribution in [0.2, 0.25) is 0 Å². The summed E-state index contributed by atoms with van der Waals surface area (Å²) in [5.74, 6) is -0.184. The monoisotopic (exact) mass is 506 g/mol. The lowest BCUT2D eigenvalue weighted by Crippen LogP contribution is -2.43. The second-order valence-corrected chi connectivity index (χ2v) is 9.51. The van der Waals surface area contributed by atoms with Crippen LogP contribution in [0.4, 0.5) is 10.5 Å². The quantitative estimate of drug-likeness (QED) is 0.484. The van der Waals surface area contributed by atoms with Gasteiger partial charge in [0.25, 0.3) is 5.91 Å². The molecule has 3 amide bonds. The van der Waals surface area contributed by atoms with Crippen molar-refractivity contribution >= 4 is 34.9 Å². The third-order valence-electron chi connectivity index (χ3n) is 6.37. The van der Waals surface area contributed by atoms with Gasteiger partial charge in [-0.3, -0.25) is 9.59 Å². The van der Waals surface area contributed by atoms with Gasteiger partial charge < -0.3 is 20.3 Å². The number of amides is 3. The van der Waals surface area contributed by atoms with Gasteiger partial charge in [-0.15, -0.1) is 11.3 Å². The van der Waals surface area contributed by atoms with Crippen LogP contribution in [0.5, 0.6) is 0 Å². The molecular formula is C27H30N4O4S. The normalized spacial score (nSPS) is 13.8. The smallest absolute Gasteiger partial charge is 0.407 e. The zero-order chi connectivity index (χ0) is 25.5. The number of aromatic nitrogens is 1. The van der Waals surface area contributed by atoms with E-state index in [1.807, 2.05) is 24.3 Å². The van der Waals surface area contributed by atoms with Gasteiger partial charge in [0.15, 0.2) is 0 Å². The Bertz CT molecular complexity index is 1220. The molecule has 0 atom stereocenters. The maximum atomic E-state index is 13.0. The number of ether oxygens (including phenoxy) is 1. The predicted molar refractivity (Wildman–Crippen MR) is 140 cm³/mol. The summed E-state index contributed by atoms with van der Waals surface area (Å²) >= 11 is 1.48. The number of thiazole rings is 1. The van der Waals surface area contributed by atoms with Crippen molar-refractivity contribution in [3.63, 3.8) is 0 Å². The van der Waals surface area contributed by atoms with E-state index in [0.717, 1.165) is 41.1 Å². The number of piperidine rings is 1. The number of anilines is 1. The molecule has 0 radical (unpaired) electrons. The molecule has 1 fully saturated rings. The zero-order valence-corrected chi connectivity index (χ0v) is 21.3. The summed E-state index contributed by atoms with van der Waals surface area (Å²) in [6, 6.07) is 16.1. The Morgan fingerprint density at radius 3 is 2.50 bits per heavy atom. The van der Waals surface area contributed by atoms with E-state index in [4.69, 9.17) is 0 Å². The predicted octanol–water partition coefficient (Wildman–Crippen LogP) is 4.69. The first-order valence-electron chi connectivity index (χ1n) is 12.0. The van der Waals surface area contributed by atoms with Gasteiger partial charge in [-0.05, 0) is 36.5 Å². The Balaban J connectivity index is 1.36. The molecule has 2 N–H and O–H groups in total. The van der Waals surface area contributed by atoms with Gasteiger partial charge in [-0.1, -0.05) is 49.4 Å². The fraction of sp³-hybridized carbons (Fsp3) is 0.333. The van der Waals surface area contributed by atoms with Crippen molar-refractivity contribution in [3.8, 4) is 11.1 Å². The Morgan fingerprint density at radius 1 is 1.08 bits per heavy atom. The Kier molecular flexibility index (Phi) is 8.32. The molecule has 2 aromatic carbocycles. The van der Waals surface area contributed by atoms with Crippen LogP contribution in [0, 0.1) is 0 Å². The van der Waals surface area contributed by atoms with E-state index < -0.39 is 6.09 Å². The average molecular weight is 507 g/mol. The summed E-state index contributed by atoms with van der Waals surface area (Å²) in [5, 5.41) is 8.15. The molecule has 2 heterocycles. The summed E-state index contributed by atoms with van der Waals surface area (Å²) < 4.78 is 4.50. The molecule has 1 saturated heterocycles. The van der Waals surface area contributed by atoms with Crippen molar-refractivity contribution in [1.82, 2.24) is 15.2 Å². The highest BCUT2D eigenvalue weighted by molar-refractivity contribution is 7.10. The van der Waals surface area contributed by atoms with Crippen molar-refractivity contribution in [2.45, 2.75) is 32.1 Å². The van der Waals surface area contributed by atoms with Crippen LogP contribution in [-0.2, 0) is 16.0 Å². The van der Waals surface area contributed by atoms with Crippen LogP contribution in [0.15, 0.2) is 53.9 Å². The first kappa shape index (κ1) is 25.4. The number of methoxy groups -OCH3 is 1. The van der Waals surface area contributed by atoms with Crippen molar-refractivity contribution < 1.29 is 19.1 Å². The highest BCUT2D eigenvalue weighted by Crippen LogP contribution is 2.32. The maximum Gasteiger partial charge on any atom is 0.407 e. The first-order valence-corrected chi connectivity index (χ1v) is 12.9. The molecule has 4 rings (SSSR count). The lowest BCUT2D eigenvalue weighted by molar-refractivity contribution is -0.131. The van der Waals surface area contributed by atoms with Crippen molar-refractivity contribution in [3.05, 3.63) is 70.2 Å². The minimum absolute atomic E-state index is 0.0802. The molecule has 0 saturated carbocycles. The number of hydrogen-bond acceptors (Lipinski definition) is 6. The van der Waals surface area contributed by atoms with Crippen LogP contribution in [-0.4, -0.2) is 54.5 Å². The van der Waals surface area contributed by atoms with Gasteiger partial charge >= 0.3 is 6.09 Å². The van der Waals surface area contributed by atoms with E-state index in [1.54, 1.807) is 10.3 Å². The maximum absolute atomic E-state index is 13.0. The summed E-state index contributed by atoms with van der Waals surface area (Å²) in [4.78, 5) is 42.8. The lowest BCUT2D eigenvalue weighted by atomic mass is 9.97. The lowest BCUT2D eigenvalue weighted by Gasteiger charge is -2.31. The summed E-state index contributed by atoms with van der Waals surface area (Å²) in [6.45, 7) is 3.21. The Morgan fingerprint density at radius 2 is 1.81 bits per heavy atom. The number of likely N-dealkylation sites (tertiary alicyclic amines) is 1. The number of carbonyl (C=O) groups excluding carboxylic acids is 3. The first-order chi connectivity index (χ1) is 17.5. The van der Waals surface area contributed by atoms with E-state index in [0.29, 0.717) is 18.8 Å². The Hall–Kier alpha value is -3.72. The van der Waals surface area contributed by atoms with Crippen molar-refractivity contribution in [1.29, 1.82) is 0 Å². The van der Waals surface area contributed by atoms with Crippen LogP contribution in [0.25, 0.3) is 11.1 Å². The van der Waals surface area contributed by atoms with Gasteiger partial charge in [0.05, 0.1) is 12.1 Å². The minimum Gasteiger partial charge on any atom is -0.453 e. The highest BCUT2D eigenvalue weighted by atomic mass is 32.1. The van der Waals surface area contributed by atoms with Gasteiger partial charge in [-0.2, -0.15) is 0 Å². The summed E-state index contributed by atoms with van der Waals surface area (Å²) in [6.07, 6.45) is 1.88. The minimum atomic E-state index is -0.621.